The third-order valence-electron chi connectivity index (χ3n) is 5.01. The number of nitrogens with zero attached hydrogens (tertiary/aromatic N) is 1. The topological polar surface area (TPSA) is 84.9 Å². The molecule has 1 aliphatic heterocycles. The summed E-state index contributed by atoms with van der Waals surface area (Å²) in [5, 5.41) is 2.98. The number of piperidine rings is 1. The average molecular weight is 440 g/mol. The summed E-state index contributed by atoms with van der Waals surface area (Å²) in [6, 6.07) is 12.1. The predicted molar refractivity (Wildman–Crippen MR) is 117 cm³/mol. The van der Waals surface area contributed by atoms with E-state index in [4.69, 9.17) is 9.47 Å². The fourth-order valence-corrected chi connectivity index (χ4v) is 3.28. The summed E-state index contributed by atoms with van der Waals surface area (Å²) >= 11 is 0. The van der Waals surface area contributed by atoms with Crippen LogP contribution in [0.3, 0.4) is 0 Å². The zero-order chi connectivity index (χ0) is 22.9. The van der Waals surface area contributed by atoms with Gasteiger partial charge < -0.3 is 19.7 Å². The van der Waals surface area contributed by atoms with E-state index >= 15 is 0 Å². The molecule has 1 N–H and O–H groups in total. The Morgan fingerprint density at radius 1 is 1.06 bits per heavy atom. The molecule has 0 spiro atoms. The van der Waals surface area contributed by atoms with Crippen molar-refractivity contribution in [3.63, 3.8) is 0 Å². The zero-order valence-corrected chi connectivity index (χ0v) is 17.8. The highest BCUT2D eigenvalue weighted by atomic mass is 19.1. The maximum Gasteiger partial charge on any atom is 0.513 e. The lowest BCUT2D eigenvalue weighted by Gasteiger charge is -2.31. The molecule has 1 heterocycles. The first-order valence-electron chi connectivity index (χ1n) is 10.4. The number of carbonyl (C=O) groups excluding carboxylic acids is 3. The first-order valence-corrected chi connectivity index (χ1v) is 10.4. The first kappa shape index (κ1) is 23.0. The average Bonchev–Trinajstić information content (AvgIpc) is 2.79. The van der Waals surface area contributed by atoms with Crippen LogP contribution in [0.15, 0.2) is 54.6 Å². The molecular formula is C24H25FN2O5. The van der Waals surface area contributed by atoms with Gasteiger partial charge in [0, 0.05) is 30.8 Å². The minimum Gasteiger partial charge on any atom is -0.434 e. The van der Waals surface area contributed by atoms with E-state index in [9.17, 15) is 18.8 Å². The molecule has 0 bridgehead atoms. The van der Waals surface area contributed by atoms with Gasteiger partial charge >= 0.3 is 6.16 Å². The Morgan fingerprint density at radius 2 is 1.72 bits per heavy atom. The summed E-state index contributed by atoms with van der Waals surface area (Å²) in [5.41, 5.74) is 1.20. The van der Waals surface area contributed by atoms with Crippen LogP contribution in [-0.4, -0.2) is 48.6 Å². The van der Waals surface area contributed by atoms with Crippen LogP contribution in [0.4, 0.5) is 9.18 Å². The van der Waals surface area contributed by atoms with E-state index < -0.39 is 6.16 Å². The predicted octanol–water partition coefficient (Wildman–Crippen LogP) is 3.80. The SMILES string of the molecule is CCOC(=O)Oc1ccc(C(=O)NC2CCN(C(=O)/C=C/c3ccc(F)cc3)CC2)cc1. The number of hydrogen-bond donors (Lipinski definition) is 1. The molecule has 3 rings (SSSR count). The summed E-state index contributed by atoms with van der Waals surface area (Å²) in [6.07, 6.45) is 3.63. The van der Waals surface area contributed by atoms with Crippen molar-refractivity contribution in [2.45, 2.75) is 25.8 Å². The van der Waals surface area contributed by atoms with Gasteiger partial charge in [-0.05, 0) is 67.8 Å². The van der Waals surface area contributed by atoms with Crippen LogP contribution >= 0.6 is 0 Å². The van der Waals surface area contributed by atoms with Gasteiger partial charge in [-0.15, -0.1) is 0 Å². The molecule has 1 saturated heterocycles. The maximum absolute atomic E-state index is 12.9. The standard InChI is InChI=1S/C24H25FN2O5/c1-2-31-24(30)32-21-10-6-18(7-11-21)23(29)26-20-13-15-27(16-14-20)22(28)12-5-17-3-8-19(25)9-4-17/h3-12,20H,2,13-16H2,1H3,(H,26,29)/b12-5+. The second-order valence-electron chi connectivity index (χ2n) is 7.27. The fraction of sp³-hybridized carbons (Fsp3) is 0.292. The number of likely N-dealkylation sites (tertiary alicyclic amines) is 1. The number of nitrogens with one attached hydrogen (secondary N) is 1. The van der Waals surface area contributed by atoms with Crippen LogP contribution < -0.4 is 10.1 Å². The van der Waals surface area contributed by atoms with Gasteiger partial charge in [0.25, 0.3) is 5.91 Å². The van der Waals surface area contributed by atoms with Crippen molar-refractivity contribution in [3.05, 3.63) is 71.6 Å². The molecule has 1 fully saturated rings. The van der Waals surface area contributed by atoms with Crippen molar-refractivity contribution in [2.75, 3.05) is 19.7 Å². The summed E-state index contributed by atoms with van der Waals surface area (Å²) in [5.74, 6) is -0.371. The molecular weight excluding hydrogens is 415 g/mol. The Labute approximate surface area is 185 Å². The molecule has 2 amide bonds. The van der Waals surface area contributed by atoms with Gasteiger partial charge in [0.05, 0.1) is 6.61 Å². The van der Waals surface area contributed by atoms with Crippen LogP contribution in [0.1, 0.15) is 35.7 Å². The zero-order valence-electron chi connectivity index (χ0n) is 17.8. The molecule has 0 radical (unpaired) electrons. The molecule has 0 atom stereocenters. The van der Waals surface area contributed by atoms with Crippen molar-refractivity contribution < 1.29 is 28.2 Å². The Hall–Kier alpha value is -3.68. The Morgan fingerprint density at radius 3 is 2.34 bits per heavy atom. The second kappa shape index (κ2) is 11.1. The normalized spacial score (nSPS) is 14.2. The van der Waals surface area contributed by atoms with Gasteiger partial charge in [0.15, 0.2) is 0 Å². The Kier molecular flexibility index (Phi) is 7.96. The van der Waals surface area contributed by atoms with E-state index in [0.29, 0.717) is 37.2 Å². The van der Waals surface area contributed by atoms with Crippen molar-refractivity contribution >= 4 is 24.0 Å². The van der Waals surface area contributed by atoms with Gasteiger partial charge in [-0.25, -0.2) is 9.18 Å². The Bertz CT molecular complexity index is 965. The number of halogens is 1. The molecule has 0 aromatic heterocycles. The van der Waals surface area contributed by atoms with Crippen LogP contribution in [0.5, 0.6) is 5.75 Å². The van der Waals surface area contributed by atoms with Crippen LogP contribution in [0.2, 0.25) is 0 Å². The highest BCUT2D eigenvalue weighted by Gasteiger charge is 2.23. The third kappa shape index (κ3) is 6.66. The van der Waals surface area contributed by atoms with Crippen molar-refractivity contribution in [3.8, 4) is 5.75 Å². The van der Waals surface area contributed by atoms with E-state index in [2.05, 4.69) is 5.32 Å². The molecule has 1 aliphatic rings. The van der Waals surface area contributed by atoms with Crippen molar-refractivity contribution in [1.82, 2.24) is 10.2 Å². The fourth-order valence-electron chi connectivity index (χ4n) is 3.28. The third-order valence-corrected chi connectivity index (χ3v) is 5.01. The van der Waals surface area contributed by atoms with Gasteiger partial charge in [0.1, 0.15) is 11.6 Å². The molecule has 0 unspecified atom stereocenters. The highest BCUT2D eigenvalue weighted by Crippen LogP contribution is 2.15. The van der Waals surface area contributed by atoms with Gasteiger partial charge in [-0.1, -0.05) is 12.1 Å². The molecule has 2 aromatic rings. The largest absolute Gasteiger partial charge is 0.513 e. The van der Waals surface area contributed by atoms with E-state index in [0.717, 1.165) is 5.56 Å². The lowest BCUT2D eigenvalue weighted by atomic mass is 10.0. The molecule has 0 aliphatic carbocycles. The molecule has 8 heteroatoms. The summed E-state index contributed by atoms with van der Waals surface area (Å²) < 4.78 is 22.6. The van der Waals surface area contributed by atoms with Crippen LogP contribution in [0, 0.1) is 5.82 Å². The van der Waals surface area contributed by atoms with E-state index in [1.54, 1.807) is 42.2 Å². The Balaban J connectivity index is 1.45. The van der Waals surface area contributed by atoms with Crippen molar-refractivity contribution in [2.24, 2.45) is 0 Å². The molecule has 7 nitrogen and oxygen atoms in total. The summed E-state index contributed by atoms with van der Waals surface area (Å²) in [6.45, 7) is 2.96. The first-order chi connectivity index (χ1) is 15.4. The summed E-state index contributed by atoms with van der Waals surface area (Å²) in [7, 11) is 0. The second-order valence-corrected chi connectivity index (χ2v) is 7.27. The number of carbonyl (C=O) groups is 3. The van der Waals surface area contributed by atoms with Gasteiger partial charge in [-0.3, -0.25) is 9.59 Å². The molecule has 2 aromatic carbocycles. The molecule has 32 heavy (non-hydrogen) atoms. The van der Waals surface area contributed by atoms with Gasteiger partial charge in [0.2, 0.25) is 5.91 Å². The van der Waals surface area contributed by atoms with Crippen molar-refractivity contribution in [1.29, 1.82) is 0 Å². The number of rotatable bonds is 6. The maximum atomic E-state index is 12.9. The number of amides is 2. The number of ether oxygens (including phenoxy) is 2. The monoisotopic (exact) mass is 440 g/mol. The molecule has 0 saturated carbocycles. The van der Waals surface area contributed by atoms with E-state index in [1.807, 2.05) is 0 Å². The minimum absolute atomic E-state index is 0.0388. The lowest BCUT2D eigenvalue weighted by molar-refractivity contribution is -0.127. The minimum atomic E-state index is -0.793. The number of benzene rings is 2. The van der Waals surface area contributed by atoms with Crippen LogP contribution in [0.25, 0.3) is 6.08 Å². The smallest absolute Gasteiger partial charge is 0.434 e. The van der Waals surface area contributed by atoms with E-state index in [-0.39, 0.29) is 30.3 Å². The summed E-state index contributed by atoms with van der Waals surface area (Å²) in [4.78, 5) is 37.9. The number of hydrogen-bond acceptors (Lipinski definition) is 5. The van der Waals surface area contributed by atoms with Gasteiger partial charge in [-0.2, -0.15) is 0 Å². The van der Waals surface area contributed by atoms with Crippen LogP contribution in [-0.2, 0) is 9.53 Å². The molecule has 168 valence electrons. The van der Waals surface area contributed by atoms with E-state index in [1.165, 1.54) is 30.3 Å². The lowest BCUT2D eigenvalue weighted by Crippen LogP contribution is -2.46. The quantitative estimate of drug-likeness (QED) is 0.420. The highest BCUT2D eigenvalue weighted by molar-refractivity contribution is 5.94.